The standard InChI is InChI=1S/C25H37N3O4Si/c1-25(2,3)33(5,6)32-15-11-7-8-12-19(20(17-26)18-27)16-23(29)28-24(30)21-13-9-10-14-22(21)31-4/h9-10,13-14,19-20H,7-8,11-12,15-16H2,1-6H3,(H,28,29,30)/t19-/m0/s1. The van der Waals surface area contributed by atoms with E-state index in [1.807, 2.05) is 12.1 Å². The molecule has 0 bridgehead atoms. The van der Waals surface area contributed by atoms with Crippen LogP contribution in [0.5, 0.6) is 5.75 Å². The Labute approximate surface area is 199 Å². The molecule has 33 heavy (non-hydrogen) atoms. The van der Waals surface area contributed by atoms with Crippen LogP contribution in [0.15, 0.2) is 24.3 Å². The minimum absolute atomic E-state index is 0.0624. The zero-order chi connectivity index (χ0) is 25.1. The Bertz CT molecular complexity index is 867. The van der Waals surface area contributed by atoms with Gasteiger partial charge in [-0.25, -0.2) is 0 Å². The van der Waals surface area contributed by atoms with Gasteiger partial charge in [-0.2, -0.15) is 10.5 Å². The van der Waals surface area contributed by atoms with E-state index in [2.05, 4.69) is 39.2 Å². The van der Waals surface area contributed by atoms with Crippen LogP contribution in [-0.2, 0) is 9.22 Å². The fraction of sp³-hybridized carbons (Fsp3) is 0.600. The topological polar surface area (TPSA) is 112 Å². The summed E-state index contributed by atoms with van der Waals surface area (Å²) in [7, 11) is -0.319. The number of rotatable bonds is 12. The van der Waals surface area contributed by atoms with Crippen molar-refractivity contribution in [3.05, 3.63) is 29.8 Å². The van der Waals surface area contributed by atoms with E-state index < -0.39 is 32.0 Å². The highest BCUT2D eigenvalue weighted by Crippen LogP contribution is 2.36. The lowest BCUT2D eigenvalue weighted by atomic mass is 9.86. The first-order valence-electron chi connectivity index (χ1n) is 11.4. The SMILES string of the molecule is COc1ccccc1C(=O)NC(=O)C[C@H](CCCCCO[Si](C)(C)C(C)(C)C)C(C#N)C#N. The Hall–Kier alpha value is -2.68. The highest BCUT2D eigenvalue weighted by Gasteiger charge is 2.36. The molecule has 1 atom stereocenters. The molecule has 7 nitrogen and oxygen atoms in total. The summed E-state index contributed by atoms with van der Waals surface area (Å²) < 4.78 is 11.3. The number of ether oxygens (including phenoxy) is 1. The molecule has 0 aliphatic rings. The first-order valence-corrected chi connectivity index (χ1v) is 14.3. The summed E-state index contributed by atoms with van der Waals surface area (Å²) in [5.41, 5.74) is 0.253. The van der Waals surface area contributed by atoms with Crippen LogP contribution in [-0.4, -0.2) is 33.8 Å². The molecule has 0 spiro atoms. The molecule has 0 saturated carbocycles. The number of nitrogens with zero attached hydrogens (tertiary/aromatic N) is 2. The molecule has 1 rings (SSSR count). The Kier molecular flexibility index (Phi) is 11.3. The maximum atomic E-state index is 12.5. The van der Waals surface area contributed by atoms with Crippen LogP contribution in [0.4, 0.5) is 0 Å². The molecule has 0 saturated heterocycles. The number of imide groups is 1. The Morgan fingerprint density at radius 3 is 2.30 bits per heavy atom. The van der Waals surface area contributed by atoms with Gasteiger partial charge in [0.25, 0.3) is 5.91 Å². The predicted molar refractivity (Wildman–Crippen MR) is 130 cm³/mol. The van der Waals surface area contributed by atoms with E-state index in [4.69, 9.17) is 9.16 Å². The van der Waals surface area contributed by atoms with E-state index in [-0.39, 0.29) is 17.0 Å². The lowest BCUT2D eigenvalue weighted by molar-refractivity contribution is -0.121. The lowest BCUT2D eigenvalue weighted by Crippen LogP contribution is -2.40. The number of carbonyl (C=O) groups is 2. The van der Waals surface area contributed by atoms with Crippen LogP contribution >= 0.6 is 0 Å². The molecule has 0 heterocycles. The van der Waals surface area contributed by atoms with Gasteiger partial charge < -0.3 is 9.16 Å². The van der Waals surface area contributed by atoms with Gasteiger partial charge in [-0.05, 0) is 49.0 Å². The van der Waals surface area contributed by atoms with Gasteiger partial charge in [0.05, 0.1) is 24.8 Å². The number of para-hydroxylation sites is 1. The van der Waals surface area contributed by atoms with Gasteiger partial charge in [0, 0.05) is 13.0 Å². The number of nitriles is 2. The fourth-order valence-corrected chi connectivity index (χ4v) is 4.26. The normalized spacial score (nSPS) is 12.5. The van der Waals surface area contributed by atoms with Crippen LogP contribution in [0.3, 0.4) is 0 Å². The van der Waals surface area contributed by atoms with Gasteiger partial charge in [0.1, 0.15) is 11.7 Å². The molecule has 1 aromatic rings. The van der Waals surface area contributed by atoms with Crippen molar-refractivity contribution in [2.45, 2.75) is 71.0 Å². The molecular formula is C25H37N3O4Si. The Morgan fingerprint density at radius 2 is 1.73 bits per heavy atom. The second kappa shape index (κ2) is 13.1. The summed E-state index contributed by atoms with van der Waals surface area (Å²) in [6.07, 6.45) is 3.05. The third-order valence-electron chi connectivity index (χ3n) is 6.29. The molecule has 8 heteroatoms. The number of unbranched alkanes of at least 4 members (excludes halogenated alkanes) is 2. The van der Waals surface area contributed by atoms with E-state index in [0.29, 0.717) is 18.8 Å². The molecule has 1 N–H and O–H groups in total. The maximum absolute atomic E-state index is 12.5. The number of carbonyl (C=O) groups excluding carboxylic acids is 2. The zero-order valence-corrected chi connectivity index (χ0v) is 21.7. The molecular weight excluding hydrogens is 434 g/mol. The van der Waals surface area contributed by atoms with Crippen LogP contribution in [0.25, 0.3) is 0 Å². The van der Waals surface area contributed by atoms with Gasteiger partial charge in [-0.3, -0.25) is 14.9 Å². The molecule has 0 radical (unpaired) electrons. The van der Waals surface area contributed by atoms with Gasteiger partial charge in [0.15, 0.2) is 8.32 Å². The zero-order valence-electron chi connectivity index (χ0n) is 20.7. The molecule has 0 aliphatic carbocycles. The second-order valence-electron chi connectivity index (χ2n) is 9.74. The fourth-order valence-electron chi connectivity index (χ4n) is 3.17. The summed E-state index contributed by atoms with van der Waals surface area (Å²) in [6.45, 7) is 11.7. The van der Waals surface area contributed by atoms with Gasteiger partial charge in [-0.1, -0.05) is 45.7 Å². The van der Waals surface area contributed by atoms with Crippen LogP contribution in [0.1, 0.15) is 63.2 Å². The molecule has 0 unspecified atom stereocenters. The van der Waals surface area contributed by atoms with Crippen LogP contribution < -0.4 is 10.1 Å². The van der Waals surface area contributed by atoms with Crippen molar-refractivity contribution in [2.75, 3.05) is 13.7 Å². The smallest absolute Gasteiger partial charge is 0.261 e. The molecule has 1 aromatic carbocycles. The summed E-state index contributed by atoms with van der Waals surface area (Å²) in [6, 6.07) is 10.6. The minimum Gasteiger partial charge on any atom is -0.496 e. The number of amides is 2. The Morgan fingerprint density at radius 1 is 1.09 bits per heavy atom. The first-order chi connectivity index (χ1) is 15.5. The van der Waals surface area contributed by atoms with Crippen molar-refractivity contribution in [3.8, 4) is 17.9 Å². The largest absolute Gasteiger partial charge is 0.496 e. The summed E-state index contributed by atoms with van der Waals surface area (Å²) in [5.74, 6) is -2.05. The van der Waals surface area contributed by atoms with Gasteiger partial charge in [0.2, 0.25) is 5.91 Å². The van der Waals surface area contributed by atoms with E-state index in [9.17, 15) is 20.1 Å². The quantitative estimate of drug-likeness (QED) is 0.331. The average molecular weight is 472 g/mol. The highest BCUT2D eigenvalue weighted by atomic mass is 28.4. The number of hydrogen-bond acceptors (Lipinski definition) is 6. The monoisotopic (exact) mass is 471 g/mol. The maximum Gasteiger partial charge on any atom is 0.261 e. The Balaban J connectivity index is 2.60. The number of nitrogens with one attached hydrogen (secondary N) is 1. The summed E-state index contributed by atoms with van der Waals surface area (Å²) >= 11 is 0. The number of methoxy groups -OCH3 is 1. The van der Waals surface area contributed by atoms with Crippen molar-refractivity contribution < 1.29 is 18.8 Å². The third kappa shape index (κ3) is 8.99. The molecule has 2 amide bonds. The predicted octanol–water partition coefficient (Wildman–Crippen LogP) is 5.20. The molecule has 180 valence electrons. The van der Waals surface area contributed by atoms with E-state index in [1.54, 1.807) is 24.3 Å². The molecule has 0 aromatic heterocycles. The van der Waals surface area contributed by atoms with Crippen molar-refractivity contribution in [1.82, 2.24) is 5.32 Å². The molecule has 0 fully saturated rings. The van der Waals surface area contributed by atoms with Gasteiger partial charge >= 0.3 is 0 Å². The first kappa shape index (κ1) is 28.3. The van der Waals surface area contributed by atoms with Gasteiger partial charge in [-0.15, -0.1) is 0 Å². The minimum atomic E-state index is -1.77. The summed E-state index contributed by atoms with van der Waals surface area (Å²) in [5, 5.41) is 21.2. The van der Waals surface area contributed by atoms with Crippen molar-refractivity contribution in [2.24, 2.45) is 11.8 Å². The van der Waals surface area contributed by atoms with E-state index in [0.717, 1.165) is 19.3 Å². The van der Waals surface area contributed by atoms with E-state index >= 15 is 0 Å². The van der Waals surface area contributed by atoms with Crippen LogP contribution in [0, 0.1) is 34.5 Å². The third-order valence-corrected chi connectivity index (χ3v) is 10.8. The molecule has 0 aliphatic heterocycles. The number of benzene rings is 1. The highest BCUT2D eigenvalue weighted by molar-refractivity contribution is 6.74. The van der Waals surface area contributed by atoms with E-state index in [1.165, 1.54) is 7.11 Å². The average Bonchev–Trinajstić information content (AvgIpc) is 2.75. The van der Waals surface area contributed by atoms with Crippen molar-refractivity contribution in [1.29, 1.82) is 10.5 Å². The number of hydrogen-bond donors (Lipinski definition) is 1. The summed E-state index contributed by atoms with van der Waals surface area (Å²) in [4.78, 5) is 25.0. The lowest BCUT2D eigenvalue weighted by Gasteiger charge is -2.36. The van der Waals surface area contributed by atoms with Crippen molar-refractivity contribution in [3.63, 3.8) is 0 Å². The second-order valence-corrected chi connectivity index (χ2v) is 14.5. The van der Waals surface area contributed by atoms with Crippen LogP contribution in [0.2, 0.25) is 18.1 Å². The van der Waals surface area contributed by atoms with Crippen molar-refractivity contribution >= 4 is 20.1 Å².